The van der Waals surface area contributed by atoms with Crippen molar-refractivity contribution in [1.82, 2.24) is 4.98 Å². The van der Waals surface area contributed by atoms with Gasteiger partial charge in [-0.15, -0.1) is 11.3 Å². The van der Waals surface area contributed by atoms with Crippen molar-refractivity contribution >= 4 is 28.1 Å². The van der Waals surface area contributed by atoms with E-state index >= 15 is 0 Å². The monoisotopic (exact) mass is 431 g/mol. The number of hydrogen-bond acceptors (Lipinski definition) is 5. The van der Waals surface area contributed by atoms with Gasteiger partial charge in [-0.1, -0.05) is 44.2 Å². The van der Waals surface area contributed by atoms with Crippen LogP contribution in [0.3, 0.4) is 0 Å². The van der Waals surface area contributed by atoms with Gasteiger partial charge < -0.3 is 15.1 Å². The summed E-state index contributed by atoms with van der Waals surface area (Å²) in [5.41, 5.74) is 3.37. The molecule has 4 aromatic rings. The van der Waals surface area contributed by atoms with E-state index in [1.165, 1.54) is 11.8 Å². The number of anilines is 2. The van der Waals surface area contributed by atoms with Crippen molar-refractivity contribution in [3.8, 4) is 0 Å². The number of aryl methyl sites for hydroxylation is 1. The molecular weight excluding hydrogens is 406 g/mol. The van der Waals surface area contributed by atoms with Crippen molar-refractivity contribution in [1.29, 1.82) is 0 Å². The van der Waals surface area contributed by atoms with Crippen molar-refractivity contribution in [3.05, 3.63) is 100 Å². The van der Waals surface area contributed by atoms with Crippen molar-refractivity contribution in [3.63, 3.8) is 0 Å². The number of rotatable bonds is 7. The zero-order chi connectivity index (χ0) is 21.8. The third kappa shape index (κ3) is 4.86. The predicted molar refractivity (Wildman–Crippen MR) is 126 cm³/mol. The average Bonchev–Trinajstić information content (AvgIpc) is 3.43. The zero-order valence-electron chi connectivity index (χ0n) is 17.8. The van der Waals surface area contributed by atoms with Gasteiger partial charge in [0, 0.05) is 16.6 Å². The lowest BCUT2D eigenvalue weighted by Gasteiger charge is -2.21. The predicted octanol–water partition coefficient (Wildman–Crippen LogP) is 6.62. The average molecular weight is 432 g/mol. The highest BCUT2D eigenvalue weighted by molar-refractivity contribution is 7.16. The van der Waals surface area contributed by atoms with E-state index in [1.807, 2.05) is 25.1 Å². The molecule has 0 aliphatic rings. The molecule has 0 aliphatic carbocycles. The third-order valence-electron chi connectivity index (χ3n) is 5.06. The summed E-state index contributed by atoms with van der Waals surface area (Å²) < 4.78 is 5.26. The Labute approximate surface area is 186 Å². The van der Waals surface area contributed by atoms with Gasteiger partial charge in [0.2, 0.25) is 0 Å². The molecule has 0 aliphatic heterocycles. The number of nitrogens with zero attached hydrogens (tertiary/aromatic N) is 1. The minimum Gasteiger partial charge on any atom is -0.459 e. The third-order valence-corrected chi connectivity index (χ3v) is 6.04. The van der Waals surface area contributed by atoms with Gasteiger partial charge >= 0.3 is 0 Å². The van der Waals surface area contributed by atoms with Crippen LogP contribution in [0.1, 0.15) is 57.9 Å². The Kier molecular flexibility index (Phi) is 6.18. The van der Waals surface area contributed by atoms with E-state index in [-0.39, 0.29) is 17.7 Å². The summed E-state index contributed by atoms with van der Waals surface area (Å²) in [6.45, 7) is 6.41. The fourth-order valence-electron chi connectivity index (χ4n) is 3.43. The largest absolute Gasteiger partial charge is 0.459 e. The summed E-state index contributed by atoms with van der Waals surface area (Å²) in [6.07, 6.45) is 3.26. The van der Waals surface area contributed by atoms with Crippen LogP contribution < -0.4 is 10.6 Å². The smallest absolute Gasteiger partial charge is 0.291 e. The first kappa shape index (κ1) is 20.9. The van der Waals surface area contributed by atoms with Crippen LogP contribution in [-0.4, -0.2) is 10.9 Å². The van der Waals surface area contributed by atoms with E-state index in [2.05, 4.69) is 59.8 Å². The number of aromatic nitrogens is 1. The second-order valence-electron chi connectivity index (χ2n) is 7.69. The SMILES string of the molecule is Cc1cc(C(Nc2ccccn2)c2ccc(C(C)C)cc2)c(NC(=O)c2ccco2)s1. The van der Waals surface area contributed by atoms with Crippen LogP contribution in [0, 0.1) is 6.92 Å². The Balaban J connectivity index is 1.72. The van der Waals surface area contributed by atoms with Crippen LogP contribution in [0.5, 0.6) is 0 Å². The Morgan fingerprint density at radius 3 is 2.45 bits per heavy atom. The first-order valence-electron chi connectivity index (χ1n) is 10.2. The summed E-state index contributed by atoms with van der Waals surface area (Å²) in [6, 6.07) is 19.7. The highest BCUT2D eigenvalue weighted by Crippen LogP contribution is 2.38. The molecule has 0 spiro atoms. The maximum atomic E-state index is 12.6. The van der Waals surface area contributed by atoms with Crippen LogP contribution in [0.4, 0.5) is 10.8 Å². The van der Waals surface area contributed by atoms with E-state index in [1.54, 1.807) is 29.7 Å². The molecule has 0 saturated heterocycles. The number of carbonyl (C=O) groups is 1. The summed E-state index contributed by atoms with van der Waals surface area (Å²) in [4.78, 5) is 18.2. The van der Waals surface area contributed by atoms with Gasteiger partial charge in [0.05, 0.1) is 12.3 Å². The van der Waals surface area contributed by atoms with Gasteiger partial charge in [-0.05, 0) is 54.3 Å². The van der Waals surface area contributed by atoms with Crippen LogP contribution in [0.25, 0.3) is 0 Å². The number of carbonyl (C=O) groups excluding carboxylic acids is 1. The highest BCUT2D eigenvalue weighted by atomic mass is 32.1. The van der Waals surface area contributed by atoms with E-state index in [9.17, 15) is 4.79 Å². The van der Waals surface area contributed by atoms with Crippen LogP contribution >= 0.6 is 11.3 Å². The molecule has 6 heteroatoms. The number of thiophene rings is 1. The van der Waals surface area contributed by atoms with Gasteiger partial charge in [-0.3, -0.25) is 4.79 Å². The quantitative estimate of drug-likeness (QED) is 0.345. The summed E-state index contributed by atoms with van der Waals surface area (Å²) >= 11 is 1.55. The number of nitrogens with one attached hydrogen (secondary N) is 2. The van der Waals surface area contributed by atoms with Gasteiger partial charge in [0.25, 0.3) is 5.91 Å². The Hall–Kier alpha value is -3.38. The van der Waals surface area contributed by atoms with Crippen LogP contribution in [0.15, 0.2) is 77.5 Å². The first-order chi connectivity index (χ1) is 15.0. The number of benzene rings is 1. The van der Waals surface area contributed by atoms with Crippen molar-refractivity contribution < 1.29 is 9.21 Å². The fraction of sp³-hybridized carbons (Fsp3) is 0.200. The fourth-order valence-corrected chi connectivity index (χ4v) is 4.37. The van der Waals surface area contributed by atoms with E-state index < -0.39 is 0 Å². The second-order valence-corrected chi connectivity index (χ2v) is 8.94. The van der Waals surface area contributed by atoms with Gasteiger partial charge in [-0.25, -0.2) is 4.98 Å². The summed E-state index contributed by atoms with van der Waals surface area (Å²) in [7, 11) is 0. The minimum absolute atomic E-state index is 0.173. The normalized spacial score (nSPS) is 12.0. The van der Waals surface area contributed by atoms with Crippen LogP contribution in [-0.2, 0) is 0 Å². The minimum atomic E-state index is -0.264. The lowest BCUT2D eigenvalue weighted by molar-refractivity contribution is 0.0997. The molecule has 1 amide bonds. The lowest BCUT2D eigenvalue weighted by Crippen LogP contribution is -2.17. The highest BCUT2D eigenvalue weighted by Gasteiger charge is 2.23. The second kappa shape index (κ2) is 9.18. The first-order valence-corrected chi connectivity index (χ1v) is 11.1. The molecule has 5 nitrogen and oxygen atoms in total. The molecule has 0 saturated carbocycles. The number of amides is 1. The molecular formula is C25H25N3O2S. The van der Waals surface area contributed by atoms with E-state index in [0.29, 0.717) is 5.92 Å². The molecule has 4 rings (SSSR count). The summed E-state index contributed by atoms with van der Waals surface area (Å²) in [5.74, 6) is 1.25. The number of hydrogen-bond donors (Lipinski definition) is 2. The van der Waals surface area contributed by atoms with Crippen molar-refractivity contribution in [2.45, 2.75) is 32.7 Å². The molecule has 0 bridgehead atoms. The molecule has 0 radical (unpaired) electrons. The molecule has 3 heterocycles. The maximum Gasteiger partial charge on any atom is 0.291 e. The molecule has 1 aromatic carbocycles. The Morgan fingerprint density at radius 1 is 1.03 bits per heavy atom. The number of pyridine rings is 1. The Bertz CT molecular complexity index is 1130. The standard InChI is InChI=1S/C25H25N3O2S/c1-16(2)18-9-11-19(12-10-18)23(27-22-8-4-5-13-26-22)20-15-17(3)31-25(20)28-24(29)21-7-6-14-30-21/h4-16,23H,1-3H3,(H,26,27)(H,28,29). The zero-order valence-corrected chi connectivity index (χ0v) is 18.6. The van der Waals surface area contributed by atoms with E-state index in [0.717, 1.165) is 26.8 Å². The van der Waals surface area contributed by atoms with E-state index in [4.69, 9.17) is 4.42 Å². The molecule has 158 valence electrons. The lowest BCUT2D eigenvalue weighted by atomic mass is 9.96. The number of furan rings is 1. The van der Waals surface area contributed by atoms with Gasteiger partial charge in [0.1, 0.15) is 10.8 Å². The van der Waals surface area contributed by atoms with Crippen molar-refractivity contribution in [2.75, 3.05) is 10.6 Å². The molecule has 2 N–H and O–H groups in total. The molecule has 1 atom stereocenters. The molecule has 0 fully saturated rings. The van der Waals surface area contributed by atoms with Gasteiger partial charge in [0.15, 0.2) is 5.76 Å². The molecule has 3 aromatic heterocycles. The topological polar surface area (TPSA) is 67.2 Å². The summed E-state index contributed by atoms with van der Waals surface area (Å²) in [5, 5.41) is 7.36. The molecule has 31 heavy (non-hydrogen) atoms. The molecule has 1 unspecified atom stereocenters. The van der Waals surface area contributed by atoms with Gasteiger partial charge in [-0.2, -0.15) is 0 Å². The Morgan fingerprint density at radius 2 is 1.81 bits per heavy atom. The van der Waals surface area contributed by atoms with Crippen LogP contribution in [0.2, 0.25) is 0 Å². The maximum absolute atomic E-state index is 12.6. The van der Waals surface area contributed by atoms with Crippen molar-refractivity contribution in [2.24, 2.45) is 0 Å².